The second-order valence-corrected chi connectivity index (χ2v) is 16.6. The van der Waals surface area contributed by atoms with Crippen LogP contribution in [0.5, 0.6) is 0 Å². The first-order chi connectivity index (χ1) is 20.5. The molecule has 0 amide bonds. The fraction of sp³-hybridized carbons (Fsp3) is 0.974. The van der Waals surface area contributed by atoms with Gasteiger partial charge in [0.2, 0.25) is 0 Å². The quantitative estimate of drug-likeness (QED) is 0.0729. The maximum absolute atomic E-state index is 12.7. The molecule has 0 spiro atoms. The highest BCUT2D eigenvalue weighted by atomic mass is 16.6. The van der Waals surface area contributed by atoms with Gasteiger partial charge in [0, 0.05) is 12.0 Å². The third kappa shape index (κ3) is 14.1. The van der Waals surface area contributed by atoms with Crippen molar-refractivity contribution in [2.75, 3.05) is 33.0 Å². The summed E-state index contributed by atoms with van der Waals surface area (Å²) in [5.41, 5.74) is -1.10. The molecule has 0 N–H and O–H groups in total. The lowest BCUT2D eigenvalue weighted by Crippen LogP contribution is -2.51. The van der Waals surface area contributed by atoms with Gasteiger partial charge in [0.05, 0.1) is 48.6 Å². The predicted molar refractivity (Wildman–Crippen MR) is 190 cm³/mol. The molecule has 0 aromatic rings. The highest BCUT2D eigenvalue weighted by molar-refractivity contribution is 5.72. The molecule has 0 rings (SSSR count). The molecule has 45 heavy (non-hydrogen) atoms. The molecule has 0 aromatic carbocycles. The van der Waals surface area contributed by atoms with Gasteiger partial charge in [-0.25, -0.2) is 0 Å². The molecule has 6 nitrogen and oxygen atoms in total. The molecule has 0 heterocycles. The zero-order valence-corrected chi connectivity index (χ0v) is 33.1. The van der Waals surface area contributed by atoms with E-state index in [9.17, 15) is 4.79 Å². The average Bonchev–Trinajstić information content (AvgIpc) is 2.94. The van der Waals surface area contributed by atoms with E-state index < -0.39 is 0 Å². The molecule has 0 saturated carbocycles. The molecule has 270 valence electrons. The highest BCUT2D eigenvalue weighted by Gasteiger charge is 2.47. The summed E-state index contributed by atoms with van der Waals surface area (Å²) in [5, 5.41) is 0. The number of esters is 1. The number of rotatable bonds is 25. The second-order valence-electron chi connectivity index (χ2n) is 16.6. The van der Waals surface area contributed by atoms with E-state index in [-0.39, 0.29) is 58.1 Å². The number of carbonyl (C=O) groups is 1. The number of hydrogen-bond acceptors (Lipinski definition) is 6. The van der Waals surface area contributed by atoms with Gasteiger partial charge < -0.3 is 23.7 Å². The molecule has 0 aliphatic carbocycles. The van der Waals surface area contributed by atoms with Crippen molar-refractivity contribution in [1.82, 2.24) is 0 Å². The standard InChI is InChI=1S/C39H78O6/c1-18-31(8)27-33(29(4)5)34(40)42-25-26-43-36(12,13)22-24-44-37(14,15)38(16,19-2)32(9)28-45-39(17,20-3)35(10,11)21-23-41-30(6)7/h29-33H,18-28H2,1-17H3. The molecular weight excluding hydrogens is 564 g/mol. The largest absolute Gasteiger partial charge is 0.463 e. The van der Waals surface area contributed by atoms with Gasteiger partial charge in [-0.15, -0.1) is 0 Å². The van der Waals surface area contributed by atoms with Gasteiger partial charge in [-0.3, -0.25) is 4.79 Å². The van der Waals surface area contributed by atoms with Crippen LogP contribution in [0.3, 0.4) is 0 Å². The summed E-state index contributed by atoms with van der Waals surface area (Å²) in [4.78, 5) is 12.7. The van der Waals surface area contributed by atoms with Gasteiger partial charge in [-0.1, -0.05) is 75.7 Å². The topological polar surface area (TPSA) is 63.2 Å². The van der Waals surface area contributed by atoms with E-state index in [1.807, 2.05) is 0 Å². The highest BCUT2D eigenvalue weighted by Crippen LogP contribution is 2.46. The van der Waals surface area contributed by atoms with Crippen LogP contribution in [0.4, 0.5) is 0 Å². The summed E-state index contributed by atoms with van der Waals surface area (Å²) in [7, 11) is 0. The van der Waals surface area contributed by atoms with Crippen LogP contribution in [0, 0.1) is 34.5 Å². The molecule has 0 saturated heterocycles. The fourth-order valence-corrected chi connectivity index (χ4v) is 6.05. The van der Waals surface area contributed by atoms with Crippen LogP contribution in [-0.2, 0) is 28.5 Å². The van der Waals surface area contributed by atoms with Crippen LogP contribution in [0.1, 0.15) is 156 Å². The van der Waals surface area contributed by atoms with E-state index >= 15 is 0 Å². The Bertz CT molecular complexity index is 818. The second kappa shape index (κ2) is 19.3. The Balaban J connectivity index is 5.08. The Morgan fingerprint density at radius 1 is 0.689 bits per heavy atom. The van der Waals surface area contributed by atoms with Gasteiger partial charge in [-0.2, -0.15) is 0 Å². The summed E-state index contributed by atoms with van der Waals surface area (Å²) in [6, 6.07) is 0. The van der Waals surface area contributed by atoms with Crippen molar-refractivity contribution in [1.29, 1.82) is 0 Å². The third-order valence-electron chi connectivity index (χ3n) is 11.6. The van der Waals surface area contributed by atoms with Crippen molar-refractivity contribution in [3.63, 3.8) is 0 Å². The molecule has 0 fully saturated rings. The monoisotopic (exact) mass is 643 g/mol. The molecule has 0 aliphatic heterocycles. The van der Waals surface area contributed by atoms with Crippen LogP contribution in [0.15, 0.2) is 0 Å². The van der Waals surface area contributed by atoms with E-state index in [2.05, 4.69) is 118 Å². The summed E-state index contributed by atoms with van der Waals surface area (Å²) in [6.07, 6.45) is 5.82. The average molecular weight is 643 g/mol. The lowest BCUT2D eigenvalue weighted by Gasteiger charge is -2.50. The first kappa shape index (κ1) is 44.3. The number of ether oxygens (including phenoxy) is 5. The van der Waals surface area contributed by atoms with Crippen molar-refractivity contribution in [3.05, 3.63) is 0 Å². The predicted octanol–water partition coefficient (Wildman–Crippen LogP) is 10.3. The summed E-state index contributed by atoms with van der Waals surface area (Å²) in [5.74, 6) is 0.913. The van der Waals surface area contributed by atoms with Crippen molar-refractivity contribution >= 4 is 5.97 Å². The minimum Gasteiger partial charge on any atom is -0.463 e. The van der Waals surface area contributed by atoms with Gasteiger partial charge in [0.25, 0.3) is 0 Å². The van der Waals surface area contributed by atoms with E-state index in [0.29, 0.717) is 31.7 Å². The number of carbonyl (C=O) groups excluding carboxylic acids is 1. The van der Waals surface area contributed by atoms with Crippen LogP contribution in [-0.4, -0.2) is 61.9 Å². The minimum absolute atomic E-state index is 0.0152. The maximum Gasteiger partial charge on any atom is 0.309 e. The Kier molecular flexibility index (Phi) is 19.0. The Hall–Kier alpha value is -0.690. The summed E-state index contributed by atoms with van der Waals surface area (Å²) < 4.78 is 31.2. The Labute approximate surface area is 280 Å². The van der Waals surface area contributed by atoms with Gasteiger partial charge in [0.15, 0.2) is 0 Å². The molecule has 0 aliphatic rings. The van der Waals surface area contributed by atoms with Crippen molar-refractivity contribution in [2.45, 2.75) is 179 Å². The molecule has 0 aromatic heterocycles. The zero-order chi connectivity index (χ0) is 35.3. The van der Waals surface area contributed by atoms with Crippen LogP contribution < -0.4 is 0 Å². The van der Waals surface area contributed by atoms with Crippen molar-refractivity contribution in [2.24, 2.45) is 34.5 Å². The summed E-state index contributed by atoms with van der Waals surface area (Å²) in [6.45, 7) is 40.0. The fourth-order valence-electron chi connectivity index (χ4n) is 6.05. The molecule has 5 unspecified atom stereocenters. The molecule has 0 radical (unpaired) electrons. The van der Waals surface area contributed by atoms with Gasteiger partial charge in [-0.05, 0) is 104 Å². The zero-order valence-electron chi connectivity index (χ0n) is 33.1. The van der Waals surface area contributed by atoms with E-state index in [0.717, 1.165) is 45.1 Å². The van der Waals surface area contributed by atoms with Gasteiger partial charge >= 0.3 is 5.97 Å². The first-order valence-electron chi connectivity index (χ1n) is 18.2. The normalized spacial score (nSPS) is 18.0. The SMILES string of the molecule is CCC(C)CC(C(=O)OCCOC(C)(C)CCOC(C)(C)C(C)(CC)C(C)COC(C)(CC)C(C)(C)CCOC(C)C)C(C)C. The lowest BCUT2D eigenvalue weighted by molar-refractivity contribution is -0.177. The Morgan fingerprint density at radius 2 is 1.29 bits per heavy atom. The lowest BCUT2D eigenvalue weighted by atomic mass is 9.65. The molecule has 6 heteroatoms. The van der Waals surface area contributed by atoms with E-state index in [4.69, 9.17) is 23.7 Å². The first-order valence-corrected chi connectivity index (χ1v) is 18.2. The van der Waals surface area contributed by atoms with Gasteiger partial charge in [0.1, 0.15) is 6.61 Å². The summed E-state index contributed by atoms with van der Waals surface area (Å²) >= 11 is 0. The number of hydrogen-bond donors (Lipinski definition) is 0. The molecule has 5 atom stereocenters. The van der Waals surface area contributed by atoms with Crippen LogP contribution >= 0.6 is 0 Å². The molecular formula is C39H78O6. The smallest absolute Gasteiger partial charge is 0.309 e. The van der Waals surface area contributed by atoms with Crippen LogP contribution in [0.25, 0.3) is 0 Å². The van der Waals surface area contributed by atoms with Crippen LogP contribution in [0.2, 0.25) is 0 Å². The van der Waals surface area contributed by atoms with Crippen molar-refractivity contribution in [3.8, 4) is 0 Å². The third-order valence-corrected chi connectivity index (χ3v) is 11.6. The van der Waals surface area contributed by atoms with E-state index in [1.54, 1.807) is 0 Å². The van der Waals surface area contributed by atoms with Crippen molar-refractivity contribution < 1.29 is 28.5 Å². The van der Waals surface area contributed by atoms with E-state index in [1.165, 1.54) is 0 Å². The molecule has 0 bridgehead atoms. The Morgan fingerprint density at radius 3 is 1.78 bits per heavy atom. The maximum atomic E-state index is 12.7. The minimum atomic E-state index is -0.387.